The van der Waals surface area contributed by atoms with E-state index in [1.165, 1.54) is 11.3 Å². The predicted octanol–water partition coefficient (Wildman–Crippen LogP) is 4.78. The molecule has 4 N–H and O–H groups in total. The molecule has 2 amide bonds. The molecule has 154 valence electrons. The van der Waals surface area contributed by atoms with E-state index in [0.29, 0.717) is 27.1 Å². The SMILES string of the molecule is CC(C)(C)[C@H]1CCc2c(sc(NC(=S)NC(=O)c3cccc(Cl)c3)c2C(N)=O)C1. The maximum absolute atomic E-state index is 12.4. The van der Waals surface area contributed by atoms with Crippen LogP contribution in [-0.4, -0.2) is 16.9 Å². The summed E-state index contributed by atoms with van der Waals surface area (Å²) in [5.41, 5.74) is 7.76. The third-order valence-electron chi connectivity index (χ3n) is 5.28. The summed E-state index contributed by atoms with van der Waals surface area (Å²) in [7, 11) is 0. The molecule has 0 spiro atoms. The minimum absolute atomic E-state index is 0.114. The molecular weight excluding hydrogens is 426 g/mol. The molecule has 0 radical (unpaired) electrons. The molecule has 0 saturated heterocycles. The number of carbonyl (C=O) groups is 2. The second kappa shape index (κ2) is 8.42. The van der Waals surface area contributed by atoms with E-state index in [9.17, 15) is 9.59 Å². The van der Waals surface area contributed by atoms with Crippen molar-refractivity contribution in [1.29, 1.82) is 0 Å². The minimum Gasteiger partial charge on any atom is -0.365 e. The predicted molar refractivity (Wildman–Crippen MR) is 123 cm³/mol. The number of amides is 2. The fourth-order valence-corrected chi connectivity index (χ4v) is 5.40. The van der Waals surface area contributed by atoms with Crippen LogP contribution in [0.25, 0.3) is 0 Å². The molecule has 1 atom stereocenters. The highest BCUT2D eigenvalue weighted by atomic mass is 35.5. The molecule has 0 unspecified atom stereocenters. The summed E-state index contributed by atoms with van der Waals surface area (Å²) in [4.78, 5) is 25.7. The standard InChI is InChI=1S/C21H24ClN3O2S2/c1-21(2,3)12-7-8-14-15(10-12)29-19(16(14)17(23)26)25-20(28)24-18(27)11-5-4-6-13(22)9-11/h4-6,9,12H,7-8,10H2,1-3H3,(H2,23,26)(H2,24,25,27,28)/t12-/m0/s1. The number of hydrogen-bond acceptors (Lipinski definition) is 4. The number of thiophene rings is 1. The summed E-state index contributed by atoms with van der Waals surface area (Å²) in [6.07, 6.45) is 2.74. The lowest BCUT2D eigenvalue weighted by Gasteiger charge is -2.33. The molecule has 0 aliphatic heterocycles. The summed E-state index contributed by atoms with van der Waals surface area (Å²) in [5, 5.41) is 6.80. The van der Waals surface area contributed by atoms with Gasteiger partial charge in [-0.3, -0.25) is 14.9 Å². The van der Waals surface area contributed by atoms with Crippen molar-refractivity contribution in [2.24, 2.45) is 17.1 Å². The summed E-state index contributed by atoms with van der Waals surface area (Å²) >= 11 is 12.7. The number of nitrogens with one attached hydrogen (secondary N) is 2. The van der Waals surface area contributed by atoms with Gasteiger partial charge in [-0.1, -0.05) is 38.4 Å². The highest BCUT2D eigenvalue weighted by Crippen LogP contribution is 2.44. The van der Waals surface area contributed by atoms with Crippen molar-refractivity contribution in [1.82, 2.24) is 5.32 Å². The molecule has 0 fully saturated rings. The Labute approximate surface area is 185 Å². The maximum atomic E-state index is 12.4. The molecule has 3 rings (SSSR count). The molecule has 1 aromatic carbocycles. The van der Waals surface area contributed by atoms with Gasteiger partial charge >= 0.3 is 0 Å². The van der Waals surface area contributed by atoms with Crippen molar-refractivity contribution in [3.8, 4) is 0 Å². The molecule has 1 aromatic heterocycles. The van der Waals surface area contributed by atoms with E-state index < -0.39 is 5.91 Å². The van der Waals surface area contributed by atoms with E-state index in [0.717, 1.165) is 29.7 Å². The number of rotatable bonds is 3. The zero-order valence-corrected chi connectivity index (χ0v) is 19.0. The van der Waals surface area contributed by atoms with Gasteiger partial charge in [0.1, 0.15) is 5.00 Å². The highest BCUT2D eigenvalue weighted by Gasteiger charge is 2.33. The van der Waals surface area contributed by atoms with Crippen molar-refractivity contribution < 1.29 is 9.59 Å². The first-order valence-electron chi connectivity index (χ1n) is 9.38. The van der Waals surface area contributed by atoms with Crippen LogP contribution in [0, 0.1) is 11.3 Å². The first-order chi connectivity index (χ1) is 13.6. The molecule has 0 bridgehead atoms. The van der Waals surface area contributed by atoms with Crippen molar-refractivity contribution in [3.63, 3.8) is 0 Å². The van der Waals surface area contributed by atoms with E-state index in [2.05, 4.69) is 31.4 Å². The largest absolute Gasteiger partial charge is 0.365 e. The second-order valence-corrected chi connectivity index (χ2v) is 10.2. The zero-order chi connectivity index (χ0) is 21.3. The van der Waals surface area contributed by atoms with Crippen molar-refractivity contribution in [3.05, 3.63) is 50.9 Å². The third-order valence-corrected chi connectivity index (χ3v) is 6.89. The zero-order valence-electron chi connectivity index (χ0n) is 16.6. The molecule has 2 aromatic rings. The van der Waals surface area contributed by atoms with E-state index in [1.807, 2.05) is 0 Å². The fourth-order valence-electron chi connectivity index (χ4n) is 3.61. The average Bonchev–Trinajstić information content (AvgIpc) is 2.97. The van der Waals surface area contributed by atoms with Crippen LogP contribution < -0.4 is 16.4 Å². The average molecular weight is 450 g/mol. The van der Waals surface area contributed by atoms with E-state index >= 15 is 0 Å². The summed E-state index contributed by atoms with van der Waals surface area (Å²) in [6.45, 7) is 6.72. The van der Waals surface area contributed by atoms with Crippen LogP contribution in [0.15, 0.2) is 24.3 Å². The number of carbonyl (C=O) groups excluding carboxylic acids is 2. The first-order valence-corrected chi connectivity index (χ1v) is 11.0. The van der Waals surface area contributed by atoms with Crippen molar-refractivity contribution >= 4 is 57.1 Å². The fraction of sp³-hybridized carbons (Fsp3) is 0.381. The van der Waals surface area contributed by atoms with Crippen LogP contribution in [-0.2, 0) is 12.8 Å². The molecule has 29 heavy (non-hydrogen) atoms. The van der Waals surface area contributed by atoms with E-state index in [4.69, 9.17) is 29.6 Å². The number of primary amides is 1. The lowest BCUT2D eigenvalue weighted by Crippen LogP contribution is -2.34. The van der Waals surface area contributed by atoms with Gasteiger partial charge in [0.15, 0.2) is 5.11 Å². The number of nitrogens with two attached hydrogens (primary N) is 1. The quantitative estimate of drug-likeness (QED) is 0.589. The third kappa shape index (κ3) is 4.97. The Morgan fingerprint density at radius 3 is 2.66 bits per heavy atom. The van der Waals surface area contributed by atoms with Crippen LogP contribution >= 0.6 is 35.2 Å². The normalized spacial score (nSPS) is 16.1. The molecule has 1 heterocycles. The number of fused-ring (bicyclic) bond motifs is 1. The maximum Gasteiger partial charge on any atom is 0.257 e. The molecule has 5 nitrogen and oxygen atoms in total. The van der Waals surface area contributed by atoms with Gasteiger partial charge in [-0.15, -0.1) is 11.3 Å². The summed E-state index contributed by atoms with van der Waals surface area (Å²) in [6, 6.07) is 6.59. The highest BCUT2D eigenvalue weighted by molar-refractivity contribution is 7.80. The van der Waals surface area contributed by atoms with E-state index in [1.54, 1.807) is 24.3 Å². The Balaban J connectivity index is 1.79. The van der Waals surface area contributed by atoms with Crippen LogP contribution in [0.3, 0.4) is 0 Å². The minimum atomic E-state index is -0.483. The van der Waals surface area contributed by atoms with E-state index in [-0.39, 0.29) is 16.4 Å². The Hall–Kier alpha value is -1.96. The topological polar surface area (TPSA) is 84.2 Å². The molecule has 1 aliphatic rings. The van der Waals surface area contributed by atoms with Gasteiger partial charge in [0.25, 0.3) is 11.8 Å². The molecule has 1 aliphatic carbocycles. The number of halogens is 1. The monoisotopic (exact) mass is 449 g/mol. The Bertz CT molecular complexity index is 979. The number of benzene rings is 1. The Morgan fingerprint density at radius 2 is 2.03 bits per heavy atom. The van der Waals surface area contributed by atoms with Gasteiger partial charge in [0, 0.05) is 15.5 Å². The van der Waals surface area contributed by atoms with Gasteiger partial charge in [-0.25, -0.2) is 0 Å². The van der Waals surface area contributed by atoms with Crippen molar-refractivity contribution in [2.45, 2.75) is 40.0 Å². The summed E-state index contributed by atoms with van der Waals surface area (Å²) < 4.78 is 0. The smallest absolute Gasteiger partial charge is 0.257 e. The lowest BCUT2D eigenvalue weighted by atomic mass is 9.72. The summed E-state index contributed by atoms with van der Waals surface area (Å²) in [5.74, 6) is -0.320. The van der Waals surface area contributed by atoms with Crippen LogP contribution in [0.1, 0.15) is 58.3 Å². The van der Waals surface area contributed by atoms with Crippen molar-refractivity contribution in [2.75, 3.05) is 5.32 Å². The second-order valence-electron chi connectivity index (χ2n) is 8.30. The number of hydrogen-bond donors (Lipinski definition) is 3. The van der Waals surface area contributed by atoms with Gasteiger partial charge in [-0.2, -0.15) is 0 Å². The van der Waals surface area contributed by atoms with Gasteiger partial charge in [-0.05, 0) is 66.6 Å². The molecule has 8 heteroatoms. The van der Waals surface area contributed by atoms with Gasteiger partial charge in [0.2, 0.25) is 0 Å². The molecule has 0 saturated carbocycles. The number of anilines is 1. The van der Waals surface area contributed by atoms with Gasteiger partial charge < -0.3 is 11.1 Å². The van der Waals surface area contributed by atoms with Crippen LogP contribution in [0.2, 0.25) is 5.02 Å². The molecular formula is C21H24ClN3O2S2. The Morgan fingerprint density at radius 1 is 1.31 bits per heavy atom. The Kier molecular flexibility index (Phi) is 6.31. The van der Waals surface area contributed by atoms with Gasteiger partial charge in [0.05, 0.1) is 5.56 Å². The lowest BCUT2D eigenvalue weighted by molar-refractivity contribution is 0.0975. The van der Waals surface area contributed by atoms with Crippen LogP contribution in [0.5, 0.6) is 0 Å². The van der Waals surface area contributed by atoms with Crippen LogP contribution in [0.4, 0.5) is 5.00 Å². The number of thiocarbonyl (C=S) groups is 1. The first kappa shape index (κ1) is 21.7.